The fraction of sp³-hybridized carbons (Fsp3) is 0.875. The average Bonchev–Trinajstić information content (AvgIpc) is 2.56. The number of likely N-dealkylation sites (tertiary alicyclic amines) is 1. The Labute approximate surface area is 128 Å². The van der Waals surface area contributed by atoms with Crippen molar-refractivity contribution in [3.63, 3.8) is 0 Å². The van der Waals surface area contributed by atoms with Crippen LogP contribution < -0.4 is 5.32 Å². The van der Waals surface area contributed by atoms with E-state index in [1.807, 2.05) is 23.9 Å². The van der Waals surface area contributed by atoms with Crippen molar-refractivity contribution >= 4 is 11.8 Å². The number of amides is 2. The molecule has 0 aromatic rings. The summed E-state index contributed by atoms with van der Waals surface area (Å²) in [6.07, 6.45) is 3.16. The third-order valence-electron chi connectivity index (χ3n) is 4.71. The Bertz CT molecular complexity index is 433. The predicted molar refractivity (Wildman–Crippen MR) is 82.8 cm³/mol. The van der Waals surface area contributed by atoms with Crippen molar-refractivity contribution in [3.05, 3.63) is 0 Å². The number of nitrogens with zero attached hydrogens (tertiary/aromatic N) is 2. The van der Waals surface area contributed by atoms with Gasteiger partial charge in [0, 0.05) is 25.7 Å². The summed E-state index contributed by atoms with van der Waals surface area (Å²) in [5.41, 5.74) is 0.431. The largest absolute Gasteiger partial charge is 0.347 e. The minimum atomic E-state index is -0.453. The molecule has 2 atom stereocenters. The minimum absolute atomic E-state index is 0.173. The summed E-state index contributed by atoms with van der Waals surface area (Å²) in [5, 5.41) is 2.73. The van der Waals surface area contributed by atoms with E-state index in [9.17, 15) is 9.59 Å². The van der Waals surface area contributed by atoms with Crippen LogP contribution in [0.4, 0.5) is 0 Å². The molecule has 1 heterocycles. The number of carbonyl (C=O) groups is 2. The standard InChI is InChI=1S/C16H29N3O2/c1-15(2)8-12-9-16(3,10-15)11-19(12)14(21)13(20)17-6-7-18(4)5/h12H,6-11H2,1-5H3,(H,17,20). The molecular weight excluding hydrogens is 266 g/mol. The normalized spacial score (nSPS) is 30.6. The van der Waals surface area contributed by atoms with E-state index in [4.69, 9.17) is 0 Å². The van der Waals surface area contributed by atoms with Gasteiger partial charge in [0.15, 0.2) is 0 Å². The summed E-state index contributed by atoms with van der Waals surface area (Å²) >= 11 is 0. The third kappa shape index (κ3) is 3.76. The van der Waals surface area contributed by atoms with Crippen molar-refractivity contribution < 1.29 is 9.59 Å². The van der Waals surface area contributed by atoms with Crippen molar-refractivity contribution in [2.45, 2.75) is 46.1 Å². The highest BCUT2D eigenvalue weighted by atomic mass is 16.2. The highest BCUT2D eigenvalue weighted by Gasteiger charge is 2.51. The quantitative estimate of drug-likeness (QED) is 0.793. The van der Waals surface area contributed by atoms with Gasteiger partial charge in [-0.1, -0.05) is 20.8 Å². The van der Waals surface area contributed by atoms with Crippen molar-refractivity contribution in [2.24, 2.45) is 10.8 Å². The molecule has 2 bridgehead atoms. The number of fused-ring (bicyclic) bond motifs is 2. The SMILES string of the molecule is CN(C)CCNC(=O)C(=O)N1CC2(C)CC1CC(C)(C)C2. The van der Waals surface area contributed by atoms with Gasteiger partial charge in [-0.2, -0.15) is 0 Å². The van der Waals surface area contributed by atoms with Crippen LogP contribution in [0.15, 0.2) is 0 Å². The molecule has 21 heavy (non-hydrogen) atoms. The highest BCUT2D eigenvalue weighted by molar-refractivity contribution is 6.35. The van der Waals surface area contributed by atoms with Crippen LogP contribution in [0.5, 0.6) is 0 Å². The summed E-state index contributed by atoms with van der Waals surface area (Å²) in [5.74, 6) is -0.800. The Balaban J connectivity index is 1.96. The van der Waals surface area contributed by atoms with Crippen LogP contribution in [0.1, 0.15) is 40.0 Å². The van der Waals surface area contributed by atoms with Gasteiger partial charge in [-0.05, 0) is 44.2 Å². The number of likely N-dealkylation sites (N-methyl/N-ethyl adjacent to an activating group) is 1. The molecule has 0 spiro atoms. The fourth-order valence-corrected chi connectivity index (χ4v) is 4.30. The second-order valence-corrected chi connectivity index (χ2v) is 8.21. The molecule has 5 heteroatoms. The first-order valence-electron chi connectivity index (χ1n) is 7.85. The van der Waals surface area contributed by atoms with Crippen molar-refractivity contribution in [3.8, 4) is 0 Å². The molecule has 1 saturated heterocycles. The molecule has 0 aromatic carbocycles. The second kappa shape index (κ2) is 5.59. The molecule has 0 radical (unpaired) electrons. The first kappa shape index (κ1) is 16.3. The number of carbonyl (C=O) groups excluding carboxylic acids is 2. The summed E-state index contributed by atoms with van der Waals surface area (Å²) < 4.78 is 0. The smallest absolute Gasteiger partial charge is 0.312 e. The van der Waals surface area contributed by atoms with Crippen LogP contribution in [0.25, 0.3) is 0 Å². The van der Waals surface area contributed by atoms with Crippen molar-refractivity contribution in [2.75, 3.05) is 33.7 Å². The maximum Gasteiger partial charge on any atom is 0.312 e. The Hall–Kier alpha value is -1.10. The van der Waals surface area contributed by atoms with E-state index in [0.29, 0.717) is 6.54 Å². The first-order chi connectivity index (χ1) is 9.62. The van der Waals surface area contributed by atoms with Gasteiger partial charge in [0.05, 0.1) is 0 Å². The first-order valence-corrected chi connectivity index (χ1v) is 7.85. The van der Waals surface area contributed by atoms with Gasteiger partial charge < -0.3 is 15.1 Å². The summed E-state index contributed by atoms with van der Waals surface area (Å²) in [7, 11) is 3.89. The topological polar surface area (TPSA) is 52.7 Å². The van der Waals surface area contributed by atoms with Crippen LogP contribution in [0.2, 0.25) is 0 Å². The number of hydrogen-bond acceptors (Lipinski definition) is 3. The lowest BCUT2D eigenvalue weighted by atomic mass is 9.65. The van der Waals surface area contributed by atoms with E-state index in [-0.39, 0.29) is 22.8 Å². The van der Waals surface area contributed by atoms with Gasteiger partial charge in [0.2, 0.25) is 0 Å². The summed E-state index contributed by atoms with van der Waals surface area (Å²) in [6.45, 7) is 8.76. The number of nitrogens with one attached hydrogen (secondary N) is 1. The molecule has 5 nitrogen and oxygen atoms in total. The molecule has 2 rings (SSSR count). The van der Waals surface area contributed by atoms with Gasteiger partial charge >= 0.3 is 11.8 Å². The Morgan fingerprint density at radius 3 is 2.52 bits per heavy atom. The zero-order valence-electron chi connectivity index (χ0n) is 14.0. The van der Waals surface area contributed by atoms with Gasteiger partial charge in [-0.15, -0.1) is 0 Å². The number of rotatable bonds is 3. The van der Waals surface area contributed by atoms with Crippen molar-refractivity contribution in [1.29, 1.82) is 0 Å². The molecule has 1 aliphatic heterocycles. The van der Waals surface area contributed by atoms with Gasteiger partial charge in [0.25, 0.3) is 0 Å². The lowest BCUT2D eigenvalue weighted by Gasteiger charge is -2.39. The fourth-order valence-electron chi connectivity index (χ4n) is 4.30. The van der Waals surface area contributed by atoms with Crippen molar-refractivity contribution in [1.82, 2.24) is 15.1 Å². The van der Waals surface area contributed by atoms with Crippen LogP contribution in [0.3, 0.4) is 0 Å². The zero-order chi connectivity index (χ0) is 15.8. The van der Waals surface area contributed by atoms with E-state index >= 15 is 0 Å². The van der Waals surface area contributed by atoms with Crippen LogP contribution in [-0.2, 0) is 9.59 Å². The molecule has 120 valence electrons. The van der Waals surface area contributed by atoms with E-state index < -0.39 is 5.91 Å². The highest BCUT2D eigenvalue weighted by Crippen LogP contribution is 2.52. The average molecular weight is 295 g/mol. The molecule has 2 amide bonds. The van der Waals surface area contributed by atoms with Crippen LogP contribution in [0, 0.1) is 10.8 Å². The van der Waals surface area contributed by atoms with Crippen LogP contribution in [-0.4, -0.2) is 61.4 Å². The van der Waals surface area contributed by atoms with Gasteiger partial charge in [0.1, 0.15) is 0 Å². The molecule has 2 unspecified atom stereocenters. The summed E-state index contributed by atoms with van der Waals surface area (Å²) in [4.78, 5) is 28.3. The van der Waals surface area contributed by atoms with E-state index in [2.05, 4.69) is 26.1 Å². The third-order valence-corrected chi connectivity index (χ3v) is 4.71. The lowest BCUT2D eigenvalue weighted by Crippen LogP contribution is -2.46. The number of hydrogen-bond donors (Lipinski definition) is 1. The molecule has 2 fully saturated rings. The van der Waals surface area contributed by atoms with E-state index in [1.165, 1.54) is 0 Å². The minimum Gasteiger partial charge on any atom is -0.347 e. The zero-order valence-corrected chi connectivity index (χ0v) is 14.0. The molecule has 1 N–H and O–H groups in total. The second-order valence-electron chi connectivity index (χ2n) is 8.21. The monoisotopic (exact) mass is 295 g/mol. The lowest BCUT2D eigenvalue weighted by molar-refractivity contribution is -0.146. The Morgan fingerprint density at radius 1 is 1.24 bits per heavy atom. The molecule has 1 saturated carbocycles. The van der Waals surface area contributed by atoms with E-state index in [0.717, 1.165) is 32.4 Å². The Kier molecular flexibility index (Phi) is 4.34. The molecule has 2 aliphatic rings. The van der Waals surface area contributed by atoms with Gasteiger partial charge in [-0.25, -0.2) is 0 Å². The molecule has 1 aliphatic carbocycles. The van der Waals surface area contributed by atoms with E-state index in [1.54, 1.807) is 0 Å². The van der Waals surface area contributed by atoms with Crippen LogP contribution >= 0.6 is 0 Å². The molecular formula is C16H29N3O2. The molecule has 0 aromatic heterocycles. The Morgan fingerprint density at radius 2 is 1.90 bits per heavy atom. The summed E-state index contributed by atoms with van der Waals surface area (Å²) in [6, 6.07) is 0.228. The predicted octanol–water partition coefficient (Wildman–Crippen LogP) is 1.09. The van der Waals surface area contributed by atoms with Gasteiger partial charge in [-0.3, -0.25) is 9.59 Å². The maximum atomic E-state index is 12.4. The maximum absolute atomic E-state index is 12.4.